The number of benzene rings is 1. The van der Waals surface area contributed by atoms with Crippen LogP contribution in [0.5, 0.6) is 5.75 Å². The molecule has 2 aromatic rings. The highest BCUT2D eigenvalue weighted by molar-refractivity contribution is 5.57. The Morgan fingerprint density at radius 1 is 1.44 bits per heavy atom. The molecular formula is C19H24N4O2. The van der Waals surface area contributed by atoms with Crippen LogP contribution >= 0.6 is 0 Å². The quantitative estimate of drug-likeness (QED) is 0.842. The molecule has 1 atom stereocenters. The van der Waals surface area contributed by atoms with Crippen LogP contribution in [0.2, 0.25) is 0 Å². The highest BCUT2D eigenvalue weighted by Gasteiger charge is 2.21. The molecule has 1 aliphatic heterocycles. The molecule has 2 N–H and O–H groups in total. The second-order valence-corrected chi connectivity index (χ2v) is 6.08. The second-order valence-electron chi connectivity index (χ2n) is 6.08. The van der Waals surface area contributed by atoms with Gasteiger partial charge in [-0.05, 0) is 18.9 Å². The van der Waals surface area contributed by atoms with Crippen molar-refractivity contribution >= 4 is 11.9 Å². The lowest BCUT2D eigenvalue weighted by atomic mass is 10.1. The number of aromatic nitrogens is 2. The van der Waals surface area contributed by atoms with Crippen molar-refractivity contribution in [3.63, 3.8) is 0 Å². The smallest absolute Gasteiger partial charge is 0.290 e. The zero-order valence-electron chi connectivity index (χ0n) is 14.4. The van der Waals surface area contributed by atoms with Crippen molar-refractivity contribution in [3.05, 3.63) is 58.7 Å². The maximum Gasteiger partial charge on any atom is 0.290 e. The molecule has 6 heteroatoms. The number of nitrogens with zero attached hydrogens (tertiary/aromatic N) is 2. The summed E-state index contributed by atoms with van der Waals surface area (Å²) in [5.74, 6) is 1.38. The molecule has 3 rings (SSSR count). The van der Waals surface area contributed by atoms with E-state index in [2.05, 4.69) is 32.3 Å². The van der Waals surface area contributed by atoms with Gasteiger partial charge in [0.15, 0.2) is 5.82 Å². The van der Waals surface area contributed by atoms with Crippen LogP contribution in [0.15, 0.2) is 47.5 Å². The average Bonchev–Trinajstić information content (AvgIpc) is 2.66. The van der Waals surface area contributed by atoms with Crippen LogP contribution in [0.4, 0.5) is 5.82 Å². The molecule has 6 nitrogen and oxygen atoms in total. The Morgan fingerprint density at radius 2 is 2.32 bits per heavy atom. The molecule has 0 bridgehead atoms. The van der Waals surface area contributed by atoms with Crippen LogP contribution in [-0.2, 0) is 0 Å². The summed E-state index contributed by atoms with van der Waals surface area (Å²) in [6.07, 6.45) is 9.51. The Kier molecular flexibility index (Phi) is 5.85. The minimum atomic E-state index is -0.126. The number of rotatable bonds is 6. The van der Waals surface area contributed by atoms with E-state index in [1.165, 1.54) is 0 Å². The van der Waals surface area contributed by atoms with E-state index < -0.39 is 0 Å². The Morgan fingerprint density at radius 3 is 3.16 bits per heavy atom. The molecule has 132 valence electrons. The van der Waals surface area contributed by atoms with E-state index in [9.17, 15) is 4.79 Å². The van der Waals surface area contributed by atoms with E-state index in [0.717, 1.165) is 43.8 Å². The third-order valence-corrected chi connectivity index (χ3v) is 4.37. The van der Waals surface area contributed by atoms with Gasteiger partial charge in [0.1, 0.15) is 5.75 Å². The van der Waals surface area contributed by atoms with Gasteiger partial charge in [-0.3, -0.25) is 4.79 Å². The second kappa shape index (κ2) is 8.48. The Labute approximate surface area is 147 Å². The Bertz CT molecular complexity index is 772. The molecule has 2 heterocycles. The summed E-state index contributed by atoms with van der Waals surface area (Å²) in [6.45, 7) is 2.44. The van der Waals surface area contributed by atoms with E-state index in [-0.39, 0.29) is 5.56 Å². The number of anilines is 1. The van der Waals surface area contributed by atoms with Crippen molar-refractivity contribution in [2.45, 2.75) is 18.9 Å². The molecule has 25 heavy (non-hydrogen) atoms. The molecule has 1 unspecified atom stereocenters. The molecule has 1 aromatic heterocycles. The lowest BCUT2D eigenvalue weighted by Crippen LogP contribution is -2.47. The minimum absolute atomic E-state index is 0.126. The highest BCUT2D eigenvalue weighted by atomic mass is 16.5. The number of piperidine rings is 1. The van der Waals surface area contributed by atoms with Crippen LogP contribution in [0, 0.1) is 0 Å². The first-order valence-electron chi connectivity index (χ1n) is 8.59. The van der Waals surface area contributed by atoms with Gasteiger partial charge in [0, 0.05) is 43.6 Å². The van der Waals surface area contributed by atoms with Crippen molar-refractivity contribution in [2.75, 3.05) is 31.6 Å². The molecule has 1 saturated heterocycles. The lowest BCUT2D eigenvalue weighted by molar-refractivity contribution is 0.414. The molecule has 1 aliphatic rings. The van der Waals surface area contributed by atoms with Gasteiger partial charge in [-0.2, -0.15) is 0 Å². The van der Waals surface area contributed by atoms with Gasteiger partial charge in [0.05, 0.1) is 7.11 Å². The zero-order valence-corrected chi connectivity index (χ0v) is 14.4. The minimum Gasteiger partial charge on any atom is -0.496 e. The fourth-order valence-electron chi connectivity index (χ4n) is 3.13. The number of methoxy groups -OCH3 is 1. The van der Waals surface area contributed by atoms with Crippen LogP contribution in [0.1, 0.15) is 18.4 Å². The SMILES string of the molecule is COc1ccccc1/C=C/CNC1CCCN(c2ncc[nH]c2=O)C1. The van der Waals surface area contributed by atoms with E-state index in [0.29, 0.717) is 11.9 Å². The van der Waals surface area contributed by atoms with E-state index >= 15 is 0 Å². The summed E-state index contributed by atoms with van der Waals surface area (Å²) in [5.41, 5.74) is 0.941. The monoisotopic (exact) mass is 340 g/mol. The molecule has 0 amide bonds. The van der Waals surface area contributed by atoms with Crippen molar-refractivity contribution in [2.24, 2.45) is 0 Å². The van der Waals surface area contributed by atoms with Crippen molar-refractivity contribution in [3.8, 4) is 5.75 Å². The maximum absolute atomic E-state index is 11.9. The van der Waals surface area contributed by atoms with Crippen LogP contribution in [0.25, 0.3) is 6.08 Å². The summed E-state index contributed by atoms with van der Waals surface area (Å²) in [7, 11) is 1.68. The van der Waals surface area contributed by atoms with Crippen molar-refractivity contribution in [1.29, 1.82) is 0 Å². The van der Waals surface area contributed by atoms with E-state index in [1.54, 1.807) is 19.5 Å². The Hall–Kier alpha value is -2.60. The summed E-state index contributed by atoms with van der Waals surface area (Å²) in [4.78, 5) is 20.9. The number of nitrogens with one attached hydrogen (secondary N) is 2. The number of ether oxygens (including phenoxy) is 1. The fraction of sp³-hybridized carbons (Fsp3) is 0.368. The number of aromatic amines is 1. The lowest BCUT2D eigenvalue weighted by Gasteiger charge is -2.33. The van der Waals surface area contributed by atoms with Gasteiger partial charge in [0.25, 0.3) is 5.56 Å². The van der Waals surface area contributed by atoms with Gasteiger partial charge in [-0.15, -0.1) is 0 Å². The van der Waals surface area contributed by atoms with Gasteiger partial charge in [-0.1, -0.05) is 30.4 Å². The molecule has 0 saturated carbocycles. The Balaban J connectivity index is 1.54. The van der Waals surface area contributed by atoms with Gasteiger partial charge >= 0.3 is 0 Å². The fourth-order valence-corrected chi connectivity index (χ4v) is 3.13. The van der Waals surface area contributed by atoms with Gasteiger partial charge in [0.2, 0.25) is 0 Å². The summed E-state index contributed by atoms with van der Waals surface area (Å²) in [6, 6.07) is 8.29. The first-order chi connectivity index (χ1) is 12.3. The van der Waals surface area contributed by atoms with E-state index in [1.807, 2.05) is 24.3 Å². The topological polar surface area (TPSA) is 70.2 Å². The molecule has 0 aliphatic carbocycles. The molecular weight excluding hydrogens is 316 g/mol. The normalized spacial score (nSPS) is 17.8. The molecule has 0 spiro atoms. The van der Waals surface area contributed by atoms with Gasteiger partial charge < -0.3 is 19.9 Å². The molecule has 0 radical (unpaired) electrons. The van der Waals surface area contributed by atoms with Crippen LogP contribution in [0.3, 0.4) is 0 Å². The van der Waals surface area contributed by atoms with Crippen LogP contribution in [-0.4, -0.2) is 42.8 Å². The number of H-pyrrole nitrogens is 1. The molecule has 1 fully saturated rings. The number of hydrogen-bond donors (Lipinski definition) is 2. The van der Waals surface area contributed by atoms with Crippen molar-refractivity contribution < 1.29 is 4.74 Å². The predicted octanol–water partition coefficient (Wildman–Crippen LogP) is 2.05. The average molecular weight is 340 g/mol. The summed E-state index contributed by atoms with van der Waals surface area (Å²) in [5, 5.41) is 3.54. The van der Waals surface area contributed by atoms with Crippen molar-refractivity contribution in [1.82, 2.24) is 15.3 Å². The first kappa shape index (κ1) is 17.2. The molecule has 1 aromatic carbocycles. The third-order valence-electron chi connectivity index (χ3n) is 4.37. The van der Waals surface area contributed by atoms with Crippen LogP contribution < -0.4 is 20.5 Å². The predicted molar refractivity (Wildman–Crippen MR) is 100 cm³/mol. The van der Waals surface area contributed by atoms with E-state index in [4.69, 9.17) is 4.74 Å². The summed E-state index contributed by atoms with van der Waals surface area (Å²) < 4.78 is 5.35. The third kappa shape index (κ3) is 4.48. The zero-order chi connectivity index (χ0) is 17.5. The maximum atomic E-state index is 11.9. The highest BCUT2D eigenvalue weighted by Crippen LogP contribution is 2.18. The standard InChI is InChI=1S/C19H24N4O2/c1-25-17-9-3-2-6-15(17)7-4-10-20-16-8-5-13-23(14-16)18-19(24)22-12-11-21-18/h2-4,6-7,9,11-12,16,20H,5,8,10,13-14H2,1H3,(H,22,24)/b7-4+. The number of para-hydroxylation sites is 1. The number of hydrogen-bond acceptors (Lipinski definition) is 5. The summed E-state index contributed by atoms with van der Waals surface area (Å²) >= 11 is 0. The largest absolute Gasteiger partial charge is 0.496 e. The first-order valence-corrected chi connectivity index (χ1v) is 8.59. The van der Waals surface area contributed by atoms with Gasteiger partial charge in [-0.25, -0.2) is 4.98 Å².